The van der Waals surface area contributed by atoms with E-state index in [1.807, 2.05) is 4.83 Å². The number of alkyl halides is 3. The first kappa shape index (κ1) is 19.2. The van der Waals surface area contributed by atoms with Crippen molar-refractivity contribution in [1.29, 1.82) is 0 Å². The van der Waals surface area contributed by atoms with E-state index in [0.29, 0.717) is 10.9 Å². The molecule has 0 fully saturated rings. The normalized spacial score (nSPS) is 12.2. The molecule has 0 aliphatic heterocycles. The van der Waals surface area contributed by atoms with Gasteiger partial charge >= 0.3 is 6.18 Å². The maximum Gasteiger partial charge on any atom is 0.435 e. The minimum absolute atomic E-state index is 0.0418. The first-order valence-corrected chi connectivity index (χ1v) is 9.14. The third-order valence-electron chi connectivity index (χ3n) is 3.48. The number of benzene rings is 2. The van der Waals surface area contributed by atoms with E-state index in [9.17, 15) is 26.0 Å². The predicted octanol–water partition coefficient (Wildman–Crippen LogP) is 4.29. The van der Waals surface area contributed by atoms with Crippen LogP contribution in [0.4, 0.5) is 17.6 Å². The molecule has 0 saturated heterocycles. The smallest absolute Gasteiger partial charge is 0.205 e. The van der Waals surface area contributed by atoms with E-state index < -0.39 is 27.7 Å². The van der Waals surface area contributed by atoms with Crippen molar-refractivity contribution in [3.8, 4) is 11.3 Å². The molecular weight excluding hydrogens is 410 g/mol. The van der Waals surface area contributed by atoms with Gasteiger partial charge in [0.2, 0.25) is 0 Å². The highest BCUT2D eigenvalue weighted by Gasteiger charge is 2.35. The summed E-state index contributed by atoms with van der Waals surface area (Å²) >= 11 is 5.68. The Labute approximate surface area is 156 Å². The molecular formula is C16H10ClF4N3O2S. The fourth-order valence-corrected chi connectivity index (χ4v) is 3.38. The van der Waals surface area contributed by atoms with E-state index in [-0.39, 0.29) is 21.2 Å². The van der Waals surface area contributed by atoms with Crippen molar-refractivity contribution in [2.75, 3.05) is 4.83 Å². The molecule has 3 rings (SSSR count). The molecule has 0 amide bonds. The van der Waals surface area contributed by atoms with Crippen molar-refractivity contribution in [2.45, 2.75) is 11.1 Å². The van der Waals surface area contributed by atoms with E-state index in [1.54, 1.807) is 6.07 Å². The van der Waals surface area contributed by atoms with E-state index in [4.69, 9.17) is 11.6 Å². The van der Waals surface area contributed by atoms with Crippen LogP contribution >= 0.6 is 11.6 Å². The summed E-state index contributed by atoms with van der Waals surface area (Å²) in [5.41, 5.74) is -1.54. The number of rotatable bonds is 4. The Kier molecular flexibility index (Phi) is 4.87. The maximum absolute atomic E-state index is 13.4. The van der Waals surface area contributed by atoms with Gasteiger partial charge in [0.05, 0.1) is 15.6 Å². The average molecular weight is 420 g/mol. The van der Waals surface area contributed by atoms with Gasteiger partial charge in [-0.05, 0) is 36.4 Å². The van der Waals surface area contributed by atoms with Crippen LogP contribution in [0.5, 0.6) is 0 Å². The van der Waals surface area contributed by atoms with Crippen LogP contribution in [0.25, 0.3) is 11.3 Å². The van der Waals surface area contributed by atoms with Crippen LogP contribution < -0.4 is 4.83 Å². The quantitative estimate of drug-likeness (QED) is 0.641. The van der Waals surface area contributed by atoms with Gasteiger partial charge in [-0.2, -0.15) is 31.2 Å². The molecule has 0 aliphatic carbocycles. The lowest BCUT2D eigenvalue weighted by Gasteiger charge is -2.11. The predicted molar refractivity (Wildman–Crippen MR) is 90.6 cm³/mol. The molecule has 0 aliphatic rings. The second kappa shape index (κ2) is 6.86. The zero-order valence-electron chi connectivity index (χ0n) is 13.2. The Balaban J connectivity index is 2.11. The van der Waals surface area contributed by atoms with Gasteiger partial charge in [0.15, 0.2) is 5.69 Å². The van der Waals surface area contributed by atoms with Crippen molar-refractivity contribution in [3.05, 3.63) is 71.1 Å². The Morgan fingerprint density at radius 1 is 1.04 bits per heavy atom. The van der Waals surface area contributed by atoms with Gasteiger partial charge in [-0.1, -0.05) is 29.8 Å². The summed E-state index contributed by atoms with van der Waals surface area (Å²) in [5.74, 6) is -0.771. The summed E-state index contributed by atoms with van der Waals surface area (Å²) < 4.78 is 77.4. The van der Waals surface area contributed by atoms with Crippen molar-refractivity contribution < 1.29 is 26.0 Å². The lowest BCUT2D eigenvalue weighted by molar-refractivity contribution is -0.141. The summed E-state index contributed by atoms with van der Waals surface area (Å²) in [5, 5.41) is 2.95. The van der Waals surface area contributed by atoms with Crippen molar-refractivity contribution >= 4 is 21.6 Å². The highest BCUT2D eigenvalue weighted by atomic mass is 35.5. The number of hydrogen-bond acceptors (Lipinski definition) is 3. The van der Waals surface area contributed by atoms with Gasteiger partial charge in [0.25, 0.3) is 10.0 Å². The monoisotopic (exact) mass is 419 g/mol. The number of aromatic nitrogens is 2. The molecule has 0 atom stereocenters. The van der Waals surface area contributed by atoms with Crippen molar-refractivity contribution in [3.63, 3.8) is 0 Å². The third kappa shape index (κ3) is 4.06. The second-order valence-electron chi connectivity index (χ2n) is 5.36. The van der Waals surface area contributed by atoms with Crippen LogP contribution in [-0.4, -0.2) is 18.3 Å². The molecule has 2 aromatic carbocycles. The zero-order valence-corrected chi connectivity index (χ0v) is 14.8. The van der Waals surface area contributed by atoms with Gasteiger partial charge in [0, 0.05) is 5.56 Å². The molecule has 27 heavy (non-hydrogen) atoms. The summed E-state index contributed by atoms with van der Waals surface area (Å²) in [7, 11) is -4.22. The number of halogens is 5. The number of nitrogens with one attached hydrogen (secondary N) is 1. The highest BCUT2D eigenvalue weighted by molar-refractivity contribution is 7.92. The largest absolute Gasteiger partial charge is 0.435 e. The molecule has 0 unspecified atom stereocenters. The van der Waals surface area contributed by atoms with Crippen LogP contribution in [0, 0.1) is 5.82 Å². The standard InChI is InChI=1S/C16H10ClF4N3O2S/c17-12-8-10(6-7-13(12)18)14-9-15(16(19,20)21)22-24(14)23-27(25,26)11-4-2-1-3-5-11/h1-9,23H. The molecule has 0 bridgehead atoms. The average Bonchev–Trinajstić information content (AvgIpc) is 3.01. The fourth-order valence-electron chi connectivity index (χ4n) is 2.22. The van der Waals surface area contributed by atoms with Crippen LogP contribution in [0.1, 0.15) is 5.69 Å². The summed E-state index contributed by atoms with van der Waals surface area (Å²) in [6.45, 7) is 0. The Hall–Kier alpha value is -2.59. The van der Waals surface area contributed by atoms with Crippen LogP contribution in [0.2, 0.25) is 5.02 Å². The van der Waals surface area contributed by atoms with E-state index >= 15 is 0 Å². The lowest BCUT2D eigenvalue weighted by atomic mass is 10.1. The molecule has 1 heterocycles. The summed E-state index contributed by atoms with van der Waals surface area (Å²) in [4.78, 5) is 2.27. The third-order valence-corrected chi connectivity index (χ3v) is 5.07. The molecule has 3 aromatic rings. The molecule has 1 N–H and O–H groups in total. The maximum atomic E-state index is 13.4. The Bertz CT molecular complexity index is 1080. The van der Waals surface area contributed by atoms with Gasteiger partial charge in [-0.15, -0.1) is 5.10 Å². The Morgan fingerprint density at radius 3 is 2.30 bits per heavy atom. The topological polar surface area (TPSA) is 64.0 Å². The van der Waals surface area contributed by atoms with E-state index in [1.165, 1.54) is 24.3 Å². The molecule has 0 saturated carbocycles. The minimum Gasteiger partial charge on any atom is -0.205 e. The molecule has 11 heteroatoms. The van der Waals surface area contributed by atoms with Crippen molar-refractivity contribution in [1.82, 2.24) is 9.89 Å². The van der Waals surface area contributed by atoms with Crippen molar-refractivity contribution in [2.24, 2.45) is 0 Å². The molecule has 142 valence electrons. The van der Waals surface area contributed by atoms with Gasteiger partial charge in [-0.25, -0.2) is 4.39 Å². The fraction of sp³-hybridized carbons (Fsp3) is 0.0625. The molecule has 0 radical (unpaired) electrons. The molecule has 0 spiro atoms. The zero-order chi connectivity index (χ0) is 19.8. The molecule has 1 aromatic heterocycles. The lowest BCUT2D eigenvalue weighted by Crippen LogP contribution is -2.25. The number of sulfonamides is 1. The van der Waals surface area contributed by atoms with Gasteiger partial charge in [-0.3, -0.25) is 0 Å². The first-order chi connectivity index (χ1) is 12.6. The van der Waals surface area contributed by atoms with Gasteiger partial charge in [0.1, 0.15) is 5.82 Å². The summed E-state index contributed by atoms with van der Waals surface area (Å²) in [6.07, 6.45) is -4.82. The van der Waals surface area contributed by atoms with Crippen LogP contribution in [-0.2, 0) is 16.2 Å². The Morgan fingerprint density at radius 2 is 1.70 bits per heavy atom. The van der Waals surface area contributed by atoms with E-state index in [2.05, 4.69) is 5.10 Å². The second-order valence-corrected chi connectivity index (χ2v) is 7.43. The number of hydrogen-bond donors (Lipinski definition) is 1. The first-order valence-electron chi connectivity index (χ1n) is 7.28. The van der Waals surface area contributed by atoms with Gasteiger partial charge < -0.3 is 0 Å². The number of nitrogens with zero attached hydrogens (tertiary/aromatic N) is 2. The minimum atomic E-state index is -4.82. The van der Waals surface area contributed by atoms with Crippen LogP contribution in [0.3, 0.4) is 0 Å². The van der Waals surface area contributed by atoms with Crippen LogP contribution in [0.15, 0.2) is 59.5 Å². The van der Waals surface area contributed by atoms with E-state index in [0.717, 1.165) is 18.2 Å². The summed E-state index contributed by atoms with van der Waals surface area (Å²) in [6, 6.07) is 10.9. The SMILES string of the molecule is O=S(=O)(Nn1nc(C(F)(F)F)cc1-c1ccc(F)c(Cl)c1)c1ccccc1. The molecule has 5 nitrogen and oxygen atoms in total. The highest BCUT2D eigenvalue weighted by Crippen LogP contribution is 2.32.